The van der Waals surface area contributed by atoms with Crippen LogP contribution in [0.4, 0.5) is 0 Å². The average molecular weight is 140 g/mol. The Morgan fingerprint density at radius 1 is 1.50 bits per heavy atom. The molecule has 1 nitrogen and oxygen atoms in total. The molecule has 0 saturated heterocycles. The highest BCUT2D eigenvalue weighted by Gasteiger charge is 2.29. The third-order valence-electron chi connectivity index (χ3n) is 2.07. The van der Waals surface area contributed by atoms with Gasteiger partial charge in [-0.15, -0.1) is 0 Å². The Morgan fingerprint density at radius 2 is 2.10 bits per heavy atom. The summed E-state index contributed by atoms with van der Waals surface area (Å²) >= 11 is 0. The van der Waals surface area contributed by atoms with Crippen molar-refractivity contribution >= 4 is 0 Å². The Kier molecular flexibility index (Phi) is 2.14. The number of likely N-dealkylation sites (N-methyl/N-ethyl adjacent to an activating group) is 1. The first-order valence-corrected chi connectivity index (χ1v) is 4.07. The summed E-state index contributed by atoms with van der Waals surface area (Å²) in [6, 6.07) is 0. The summed E-state index contributed by atoms with van der Waals surface area (Å²) in [7, 11) is 4.56. The van der Waals surface area contributed by atoms with E-state index in [1.54, 1.807) is 0 Å². The fourth-order valence-corrected chi connectivity index (χ4v) is 1.42. The number of hydrogen-bond donors (Lipinski definition) is 0. The van der Waals surface area contributed by atoms with Gasteiger partial charge in [-0.2, -0.15) is 0 Å². The fraction of sp³-hybridized carbons (Fsp3) is 0.778. The smallest absolute Gasteiger partial charge is 0.0967 e. The molecule has 58 valence electrons. The van der Waals surface area contributed by atoms with Gasteiger partial charge in [-0.3, -0.25) is 0 Å². The van der Waals surface area contributed by atoms with E-state index in [9.17, 15) is 0 Å². The minimum absolute atomic E-state index is 1.02. The summed E-state index contributed by atoms with van der Waals surface area (Å²) in [5.74, 6) is 1.02. The molecular formula is C9H18N+. The van der Waals surface area contributed by atoms with Crippen molar-refractivity contribution in [3.05, 3.63) is 12.7 Å². The molecule has 0 aliphatic heterocycles. The van der Waals surface area contributed by atoms with Gasteiger partial charge in [0.1, 0.15) is 0 Å². The van der Waals surface area contributed by atoms with E-state index >= 15 is 0 Å². The van der Waals surface area contributed by atoms with Crippen LogP contribution in [0, 0.1) is 5.92 Å². The van der Waals surface area contributed by atoms with Crippen molar-refractivity contribution in [2.75, 3.05) is 27.2 Å². The summed E-state index contributed by atoms with van der Waals surface area (Å²) < 4.78 is 1.12. The predicted octanol–water partition coefficient (Wildman–Crippen LogP) is 1.66. The van der Waals surface area contributed by atoms with Gasteiger partial charge < -0.3 is 4.48 Å². The average Bonchev–Trinajstić information content (AvgIpc) is 2.48. The van der Waals surface area contributed by atoms with Crippen LogP contribution in [0.2, 0.25) is 0 Å². The highest BCUT2D eigenvalue weighted by Crippen LogP contribution is 2.30. The van der Waals surface area contributed by atoms with E-state index < -0.39 is 0 Å². The minimum Gasteiger partial charge on any atom is -0.325 e. The first kappa shape index (κ1) is 7.80. The monoisotopic (exact) mass is 140 g/mol. The van der Waals surface area contributed by atoms with Crippen molar-refractivity contribution in [1.82, 2.24) is 0 Å². The zero-order valence-corrected chi connectivity index (χ0v) is 7.14. The van der Waals surface area contributed by atoms with Crippen LogP contribution in [0.5, 0.6) is 0 Å². The van der Waals surface area contributed by atoms with Crippen LogP contribution in [0.3, 0.4) is 0 Å². The summed E-state index contributed by atoms with van der Waals surface area (Å²) in [5.41, 5.74) is 0. The van der Waals surface area contributed by atoms with Crippen molar-refractivity contribution in [2.24, 2.45) is 5.92 Å². The molecule has 10 heavy (non-hydrogen) atoms. The van der Waals surface area contributed by atoms with E-state index in [-0.39, 0.29) is 0 Å². The fourth-order valence-electron chi connectivity index (χ4n) is 1.42. The highest BCUT2D eigenvalue weighted by molar-refractivity contribution is 4.73. The SMILES string of the molecule is C=CC[N+](C)(C)CC1CC1. The molecule has 0 amide bonds. The second kappa shape index (κ2) is 2.75. The molecule has 1 rings (SSSR count). The molecule has 1 fully saturated rings. The molecule has 1 aliphatic rings. The lowest BCUT2D eigenvalue weighted by atomic mass is 10.3. The first-order chi connectivity index (χ1) is 4.64. The van der Waals surface area contributed by atoms with Crippen LogP contribution in [0.25, 0.3) is 0 Å². The lowest BCUT2D eigenvalue weighted by molar-refractivity contribution is -0.886. The van der Waals surface area contributed by atoms with Crippen molar-refractivity contribution in [2.45, 2.75) is 12.8 Å². The van der Waals surface area contributed by atoms with Gasteiger partial charge in [-0.05, 0) is 18.9 Å². The minimum atomic E-state index is 1.02. The van der Waals surface area contributed by atoms with Crippen molar-refractivity contribution in [3.63, 3.8) is 0 Å². The number of hydrogen-bond acceptors (Lipinski definition) is 0. The Hall–Kier alpha value is -0.300. The van der Waals surface area contributed by atoms with Crippen LogP contribution in [-0.2, 0) is 0 Å². The van der Waals surface area contributed by atoms with E-state index in [4.69, 9.17) is 0 Å². The lowest BCUT2D eigenvalue weighted by Crippen LogP contribution is -2.41. The normalized spacial score (nSPS) is 19.0. The van der Waals surface area contributed by atoms with Gasteiger partial charge >= 0.3 is 0 Å². The zero-order chi connectivity index (χ0) is 7.61. The molecule has 0 aromatic rings. The van der Waals surface area contributed by atoms with Crippen LogP contribution in [0.1, 0.15) is 12.8 Å². The molecular weight excluding hydrogens is 122 g/mol. The second-order valence-electron chi connectivity index (χ2n) is 4.03. The topological polar surface area (TPSA) is 0 Å². The van der Waals surface area contributed by atoms with Crippen molar-refractivity contribution < 1.29 is 4.48 Å². The van der Waals surface area contributed by atoms with Crippen LogP contribution in [-0.4, -0.2) is 31.7 Å². The van der Waals surface area contributed by atoms with Gasteiger partial charge in [0, 0.05) is 5.92 Å². The molecule has 0 aromatic heterocycles. The molecule has 0 spiro atoms. The molecule has 0 aromatic carbocycles. The van der Waals surface area contributed by atoms with E-state index in [0.29, 0.717) is 0 Å². The van der Waals surface area contributed by atoms with Gasteiger partial charge in [0.15, 0.2) is 0 Å². The quantitative estimate of drug-likeness (QED) is 0.411. The largest absolute Gasteiger partial charge is 0.325 e. The van der Waals surface area contributed by atoms with E-state index in [0.717, 1.165) is 16.9 Å². The molecule has 0 bridgehead atoms. The maximum absolute atomic E-state index is 3.76. The Balaban J connectivity index is 2.25. The number of rotatable bonds is 4. The van der Waals surface area contributed by atoms with E-state index in [1.165, 1.54) is 19.4 Å². The molecule has 1 aliphatic carbocycles. The van der Waals surface area contributed by atoms with Gasteiger partial charge in [0.2, 0.25) is 0 Å². The molecule has 0 heterocycles. The summed E-state index contributed by atoms with van der Waals surface area (Å²) in [4.78, 5) is 0. The maximum atomic E-state index is 3.76. The van der Waals surface area contributed by atoms with Crippen LogP contribution >= 0.6 is 0 Å². The van der Waals surface area contributed by atoms with E-state index in [1.807, 2.05) is 6.08 Å². The molecule has 0 radical (unpaired) electrons. The number of nitrogens with zero attached hydrogens (tertiary/aromatic N) is 1. The Morgan fingerprint density at radius 3 is 2.50 bits per heavy atom. The summed E-state index contributed by atoms with van der Waals surface area (Å²) in [6.45, 7) is 6.20. The zero-order valence-electron chi connectivity index (χ0n) is 7.14. The Labute approximate surface area is 63.9 Å². The number of quaternary nitrogens is 1. The van der Waals surface area contributed by atoms with E-state index in [2.05, 4.69) is 20.7 Å². The lowest BCUT2D eigenvalue weighted by Gasteiger charge is -2.28. The second-order valence-corrected chi connectivity index (χ2v) is 4.03. The maximum Gasteiger partial charge on any atom is 0.0967 e. The van der Waals surface area contributed by atoms with Gasteiger partial charge in [-0.25, -0.2) is 0 Å². The highest BCUT2D eigenvalue weighted by atomic mass is 15.3. The summed E-state index contributed by atoms with van der Waals surface area (Å²) in [6.07, 6.45) is 4.93. The molecule has 0 N–H and O–H groups in total. The van der Waals surface area contributed by atoms with Gasteiger partial charge in [0.05, 0.1) is 27.2 Å². The van der Waals surface area contributed by atoms with Gasteiger partial charge in [-0.1, -0.05) is 6.58 Å². The van der Waals surface area contributed by atoms with Crippen molar-refractivity contribution in [1.29, 1.82) is 0 Å². The molecule has 1 heteroatoms. The molecule has 0 unspecified atom stereocenters. The van der Waals surface area contributed by atoms with Gasteiger partial charge in [0.25, 0.3) is 0 Å². The first-order valence-electron chi connectivity index (χ1n) is 4.07. The summed E-state index contributed by atoms with van der Waals surface area (Å²) in [5, 5.41) is 0. The predicted molar refractivity (Wildman–Crippen MR) is 44.8 cm³/mol. The third kappa shape index (κ3) is 2.53. The molecule has 1 saturated carbocycles. The third-order valence-corrected chi connectivity index (χ3v) is 2.07. The van der Waals surface area contributed by atoms with Crippen molar-refractivity contribution in [3.8, 4) is 0 Å². The standard InChI is InChI=1S/C9H18N/c1-4-7-10(2,3)8-9-5-6-9/h4,9H,1,5-8H2,2-3H3/q+1. The molecule has 0 atom stereocenters. The Bertz CT molecular complexity index is 123. The van der Waals surface area contributed by atoms with Crippen LogP contribution < -0.4 is 0 Å². The van der Waals surface area contributed by atoms with Crippen LogP contribution in [0.15, 0.2) is 12.7 Å².